The number of rotatable bonds is 7. The average molecular weight is 252 g/mol. The molecule has 0 spiro atoms. The van der Waals surface area contributed by atoms with E-state index >= 15 is 0 Å². The number of nitrogens with one attached hydrogen (secondary N) is 2. The largest absolute Gasteiger partial charge is 0.313 e. The lowest BCUT2D eigenvalue weighted by Crippen LogP contribution is -2.15. The van der Waals surface area contributed by atoms with Crippen molar-refractivity contribution in [3.63, 3.8) is 0 Å². The van der Waals surface area contributed by atoms with Gasteiger partial charge < -0.3 is 10.7 Å². The van der Waals surface area contributed by atoms with Gasteiger partial charge in [-0.1, -0.05) is 54.6 Å². The molecule has 0 heterocycles. The Hall–Kier alpha value is -1.93. The van der Waals surface area contributed by atoms with Gasteiger partial charge in [0.15, 0.2) is 0 Å². The molecule has 19 heavy (non-hydrogen) atoms. The minimum absolute atomic E-state index is 0.924. The normalized spacial score (nSPS) is 10.3. The van der Waals surface area contributed by atoms with Crippen molar-refractivity contribution in [3.05, 3.63) is 71.3 Å². The van der Waals surface area contributed by atoms with Crippen LogP contribution >= 0.6 is 0 Å². The molecule has 0 bridgehead atoms. The molecule has 2 N–H and O–H groups in total. The zero-order chi connectivity index (χ0) is 13.3. The van der Waals surface area contributed by atoms with Gasteiger partial charge in [-0.25, -0.2) is 0 Å². The molecule has 2 rings (SSSR count). The van der Waals surface area contributed by atoms with E-state index in [4.69, 9.17) is 5.41 Å². The quantitative estimate of drug-likeness (QED) is 0.575. The van der Waals surface area contributed by atoms with E-state index in [1.165, 1.54) is 17.3 Å². The van der Waals surface area contributed by atoms with Gasteiger partial charge in [-0.3, -0.25) is 0 Å². The van der Waals surface area contributed by atoms with Crippen LogP contribution in [0, 0.1) is 5.41 Å². The minimum atomic E-state index is 0.924. The van der Waals surface area contributed by atoms with E-state index in [1.54, 1.807) is 0 Å². The summed E-state index contributed by atoms with van der Waals surface area (Å²) in [6.07, 6.45) is 3.55. The number of hydrogen-bond donors (Lipinski definition) is 2. The molecule has 0 fully saturated rings. The summed E-state index contributed by atoms with van der Waals surface area (Å²) in [5, 5.41) is 10.8. The maximum atomic E-state index is 7.37. The third-order valence-electron chi connectivity index (χ3n) is 3.18. The van der Waals surface area contributed by atoms with Crippen molar-refractivity contribution in [2.75, 3.05) is 6.54 Å². The fraction of sp³-hybridized carbons (Fsp3) is 0.235. The first kappa shape index (κ1) is 13.5. The van der Waals surface area contributed by atoms with Crippen LogP contribution in [-0.2, 0) is 13.0 Å². The van der Waals surface area contributed by atoms with E-state index in [0.29, 0.717) is 0 Å². The third-order valence-corrected chi connectivity index (χ3v) is 3.18. The molecule has 0 aliphatic rings. The fourth-order valence-corrected chi connectivity index (χ4v) is 2.14. The first-order chi connectivity index (χ1) is 9.40. The Bertz CT molecular complexity index is 506. The van der Waals surface area contributed by atoms with Crippen molar-refractivity contribution in [1.82, 2.24) is 5.32 Å². The van der Waals surface area contributed by atoms with Gasteiger partial charge in [0.25, 0.3) is 0 Å². The maximum absolute atomic E-state index is 7.37. The number of hydrogen-bond acceptors (Lipinski definition) is 2. The van der Waals surface area contributed by atoms with Gasteiger partial charge >= 0.3 is 0 Å². The molecule has 0 aromatic heterocycles. The van der Waals surface area contributed by atoms with Crippen molar-refractivity contribution < 1.29 is 0 Å². The average Bonchev–Trinajstić information content (AvgIpc) is 2.48. The Morgan fingerprint density at radius 2 is 1.68 bits per heavy atom. The van der Waals surface area contributed by atoms with E-state index in [2.05, 4.69) is 35.6 Å². The Morgan fingerprint density at radius 1 is 0.947 bits per heavy atom. The first-order valence-electron chi connectivity index (χ1n) is 6.73. The summed E-state index contributed by atoms with van der Waals surface area (Å²) in [4.78, 5) is 0. The lowest BCUT2D eigenvalue weighted by molar-refractivity contribution is 0.649. The fourth-order valence-electron chi connectivity index (χ4n) is 2.14. The summed E-state index contributed by atoms with van der Waals surface area (Å²) in [6.45, 7) is 1.92. The minimum Gasteiger partial charge on any atom is -0.313 e. The van der Waals surface area contributed by atoms with Gasteiger partial charge in [-0.2, -0.15) is 0 Å². The summed E-state index contributed by atoms with van der Waals surface area (Å²) in [6, 6.07) is 18.6. The van der Waals surface area contributed by atoms with Crippen LogP contribution in [0.25, 0.3) is 0 Å². The monoisotopic (exact) mass is 252 g/mol. The van der Waals surface area contributed by atoms with Crippen molar-refractivity contribution >= 4 is 6.21 Å². The molecule has 2 heteroatoms. The Balaban J connectivity index is 1.71. The lowest BCUT2D eigenvalue weighted by atomic mass is 10.0. The van der Waals surface area contributed by atoms with Crippen LogP contribution in [0.15, 0.2) is 54.6 Å². The maximum Gasteiger partial charge on any atom is 0.0253 e. The zero-order valence-electron chi connectivity index (χ0n) is 11.1. The molecular weight excluding hydrogens is 232 g/mol. The summed E-state index contributed by atoms with van der Waals surface area (Å²) < 4.78 is 0. The summed E-state index contributed by atoms with van der Waals surface area (Å²) in [7, 11) is 0. The van der Waals surface area contributed by atoms with E-state index in [0.717, 1.165) is 31.5 Å². The highest BCUT2D eigenvalue weighted by Gasteiger charge is 1.98. The molecule has 0 saturated carbocycles. The topological polar surface area (TPSA) is 35.9 Å². The molecule has 2 aromatic rings. The van der Waals surface area contributed by atoms with Gasteiger partial charge in [0.1, 0.15) is 0 Å². The number of benzene rings is 2. The van der Waals surface area contributed by atoms with Crippen LogP contribution < -0.4 is 5.32 Å². The molecule has 0 atom stereocenters. The van der Waals surface area contributed by atoms with E-state index in [1.807, 2.05) is 24.3 Å². The molecule has 98 valence electrons. The third kappa shape index (κ3) is 4.34. The predicted molar refractivity (Wildman–Crippen MR) is 80.8 cm³/mol. The van der Waals surface area contributed by atoms with Crippen molar-refractivity contribution in [3.8, 4) is 0 Å². The second kappa shape index (κ2) is 7.49. The number of aryl methyl sites for hydroxylation is 1. The molecule has 0 aliphatic heterocycles. The summed E-state index contributed by atoms with van der Waals surface area (Å²) in [5.41, 5.74) is 3.62. The molecule has 2 nitrogen and oxygen atoms in total. The van der Waals surface area contributed by atoms with Crippen LogP contribution in [0.3, 0.4) is 0 Å². The van der Waals surface area contributed by atoms with E-state index in [9.17, 15) is 0 Å². The SMILES string of the molecule is N=Cc1ccccc1CCCNCc1ccccc1. The second-order valence-corrected chi connectivity index (χ2v) is 4.61. The highest BCUT2D eigenvalue weighted by molar-refractivity contribution is 5.79. The standard InChI is InChI=1S/C17H20N2/c18-13-17-10-5-4-9-16(17)11-6-12-19-14-15-7-2-1-3-8-15/h1-5,7-10,13,18-19H,6,11-12,14H2. The van der Waals surface area contributed by atoms with Crippen LogP contribution in [0.5, 0.6) is 0 Å². The molecular formula is C17H20N2. The Kier molecular flexibility index (Phi) is 5.32. The van der Waals surface area contributed by atoms with Crippen molar-refractivity contribution in [2.24, 2.45) is 0 Å². The van der Waals surface area contributed by atoms with E-state index in [-0.39, 0.29) is 0 Å². The van der Waals surface area contributed by atoms with Crippen LogP contribution in [-0.4, -0.2) is 12.8 Å². The highest BCUT2D eigenvalue weighted by Crippen LogP contribution is 2.08. The van der Waals surface area contributed by atoms with Gasteiger partial charge in [0, 0.05) is 12.8 Å². The second-order valence-electron chi connectivity index (χ2n) is 4.61. The molecule has 0 radical (unpaired) electrons. The van der Waals surface area contributed by atoms with Crippen LogP contribution in [0.4, 0.5) is 0 Å². The summed E-state index contributed by atoms with van der Waals surface area (Å²) in [5.74, 6) is 0. The predicted octanol–water partition coefficient (Wildman–Crippen LogP) is 3.41. The molecule has 2 aromatic carbocycles. The van der Waals surface area contributed by atoms with Crippen LogP contribution in [0.2, 0.25) is 0 Å². The zero-order valence-corrected chi connectivity index (χ0v) is 11.1. The summed E-state index contributed by atoms with van der Waals surface area (Å²) >= 11 is 0. The molecule has 0 amide bonds. The molecule has 0 aliphatic carbocycles. The first-order valence-corrected chi connectivity index (χ1v) is 6.73. The van der Waals surface area contributed by atoms with Crippen LogP contribution in [0.1, 0.15) is 23.1 Å². The molecule has 0 unspecified atom stereocenters. The van der Waals surface area contributed by atoms with Crippen molar-refractivity contribution in [1.29, 1.82) is 5.41 Å². The van der Waals surface area contributed by atoms with Gasteiger partial charge in [0.2, 0.25) is 0 Å². The van der Waals surface area contributed by atoms with Gasteiger partial charge in [-0.05, 0) is 36.1 Å². The van der Waals surface area contributed by atoms with Gasteiger partial charge in [-0.15, -0.1) is 0 Å². The highest BCUT2D eigenvalue weighted by atomic mass is 14.8. The lowest BCUT2D eigenvalue weighted by Gasteiger charge is -2.07. The van der Waals surface area contributed by atoms with Crippen molar-refractivity contribution in [2.45, 2.75) is 19.4 Å². The van der Waals surface area contributed by atoms with Gasteiger partial charge in [0.05, 0.1) is 0 Å². The Morgan fingerprint density at radius 3 is 2.47 bits per heavy atom. The van der Waals surface area contributed by atoms with E-state index < -0.39 is 0 Å². The smallest absolute Gasteiger partial charge is 0.0253 e. The Labute approximate surface area is 115 Å². The molecule has 0 saturated heterocycles.